The summed E-state index contributed by atoms with van der Waals surface area (Å²) in [6.45, 7) is 0.584. The molecule has 2 saturated heterocycles. The Hall–Kier alpha value is -2.00. The van der Waals surface area contributed by atoms with Crippen LogP contribution in [0.2, 0.25) is 9.36 Å². The molecule has 0 unspecified atom stereocenters. The summed E-state index contributed by atoms with van der Waals surface area (Å²) in [5.41, 5.74) is 0. The number of carbonyl (C=O) groups is 2. The third-order valence-electron chi connectivity index (χ3n) is 6.48. The molecule has 15 heteroatoms. The summed E-state index contributed by atoms with van der Waals surface area (Å²) in [5, 5.41) is 1.29. The van der Waals surface area contributed by atoms with Gasteiger partial charge in [-0.25, -0.2) is 21.6 Å². The molecule has 3 heterocycles. The maximum atomic E-state index is 13.1. The lowest BCUT2D eigenvalue weighted by Crippen LogP contribution is -2.55. The van der Waals surface area contributed by atoms with E-state index in [9.17, 15) is 26.4 Å². The van der Waals surface area contributed by atoms with Gasteiger partial charge in [-0.3, -0.25) is 9.59 Å². The first-order valence-corrected chi connectivity index (χ1v) is 16.8. The molecule has 0 radical (unpaired) electrons. The third-order valence-corrected chi connectivity index (χ3v) is 10.4. The van der Waals surface area contributed by atoms with E-state index in [1.807, 2.05) is 0 Å². The predicted molar refractivity (Wildman–Crippen MR) is 151 cm³/mol. The van der Waals surface area contributed by atoms with E-state index in [2.05, 4.69) is 9.44 Å². The third kappa shape index (κ3) is 8.03. The van der Waals surface area contributed by atoms with Gasteiger partial charge in [0.1, 0.15) is 6.04 Å². The number of sulfonamides is 2. The van der Waals surface area contributed by atoms with Crippen LogP contribution in [0.5, 0.6) is 0 Å². The highest BCUT2D eigenvalue weighted by atomic mass is 35.5. The number of rotatable bonds is 10. The standard InChI is InChI=1S/C24H28Cl2N4O6S3/c25-17-4-1-6-20(14-17)39(35,36)27-15-18-5-2-12-30(18)23(31)16-29-11-3-7-21(24(29)32)28-38(33,34)13-10-19-8-9-22(26)37-19/h1,4,6,8-10,13-14,18,21,27-28H,2-3,5,7,11-12,15-16H2/b13-10+/t18-,21+/m1/s1. The molecular weight excluding hydrogens is 607 g/mol. The van der Waals surface area contributed by atoms with Crippen LogP contribution in [-0.4, -0.2) is 76.7 Å². The normalized spacial score (nSPS) is 20.7. The molecule has 39 heavy (non-hydrogen) atoms. The molecule has 0 bridgehead atoms. The molecule has 2 aliphatic heterocycles. The van der Waals surface area contributed by atoms with Crippen molar-refractivity contribution in [1.29, 1.82) is 0 Å². The van der Waals surface area contributed by atoms with Crippen LogP contribution >= 0.6 is 34.5 Å². The molecule has 212 valence electrons. The van der Waals surface area contributed by atoms with Gasteiger partial charge < -0.3 is 9.80 Å². The molecule has 2 aromatic rings. The molecule has 2 aliphatic rings. The van der Waals surface area contributed by atoms with Gasteiger partial charge in [0.15, 0.2) is 0 Å². The lowest BCUT2D eigenvalue weighted by atomic mass is 10.1. The smallest absolute Gasteiger partial charge is 0.242 e. The van der Waals surface area contributed by atoms with Crippen molar-refractivity contribution in [3.05, 3.63) is 56.0 Å². The molecule has 2 amide bonds. The average molecular weight is 636 g/mol. The van der Waals surface area contributed by atoms with Crippen LogP contribution in [0.15, 0.2) is 46.7 Å². The van der Waals surface area contributed by atoms with Crippen LogP contribution in [0, 0.1) is 0 Å². The lowest BCUT2D eigenvalue weighted by Gasteiger charge is -2.34. The minimum Gasteiger partial charge on any atom is -0.337 e. The van der Waals surface area contributed by atoms with Crippen LogP contribution in [-0.2, 0) is 29.6 Å². The molecule has 4 rings (SSSR count). The first kappa shape index (κ1) is 30.0. The maximum absolute atomic E-state index is 13.1. The van der Waals surface area contributed by atoms with E-state index in [0.29, 0.717) is 53.0 Å². The van der Waals surface area contributed by atoms with Gasteiger partial charge in [0.05, 0.1) is 15.8 Å². The van der Waals surface area contributed by atoms with Gasteiger partial charge >= 0.3 is 0 Å². The van der Waals surface area contributed by atoms with E-state index >= 15 is 0 Å². The minimum absolute atomic E-state index is 0.0265. The average Bonchev–Trinajstić information content (AvgIpc) is 3.53. The number of carbonyl (C=O) groups excluding carboxylic acids is 2. The molecule has 2 fully saturated rings. The number of likely N-dealkylation sites (tertiary alicyclic amines) is 2. The van der Waals surface area contributed by atoms with E-state index in [0.717, 1.165) is 5.41 Å². The highest BCUT2D eigenvalue weighted by Crippen LogP contribution is 2.23. The number of halogens is 2. The number of piperidine rings is 1. The zero-order chi connectivity index (χ0) is 28.2. The van der Waals surface area contributed by atoms with Crippen molar-refractivity contribution in [2.75, 3.05) is 26.2 Å². The number of amides is 2. The fraction of sp³-hybridized carbons (Fsp3) is 0.417. The monoisotopic (exact) mass is 634 g/mol. The summed E-state index contributed by atoms with van der Waals surface area (Å²) in [6.07, 6.45) is 3.56. The Balaban J connectivity index is 1.33. The molecule has 0 spiro atoms. The minimum atomic E-state index is -3.91. The summed E-state index contributed by atoms with van der Waals surface area (Å²) in [7, 11) is -7.72. The summed E-state index contributed by atoms with van der Waals surface area (Å²) in [6, 6.07) is 7.91. The summed E-state index contributed by atoms with van der Waals surface area (Å²) in [5.74, 6) is -0.783. The highest BCUT2D eigenvalue weighted by Gasteiger charge is 2.35. The van der Waals surface area contributed by atoms with Crippen molar-refractivity contribution >= 4 is 72.5 Å². The molecule has 2 atom stereocenters. The van der Waals surface area contributed by atoms with Gasteiger partial charge in [0.2, 0.25) is 31.9 Å². The van der Waals surface area contributed by atoms with Crippen LogP contribution in [0.1, 0.15) is 30.6 Å². The van der Waals surface area contributed by atoms with E-state index in [1.165, 1.54) is 34.4 Å². The first-order valence-electron chi connectivity index (χ1n) is 12.2. The van der Waals surface area contributed by atoms with Crippen molar-refractivity contribution in [2.45, 2.75) is 42.7 Å². The van der Waals surface area contributed by atoms with Crippen molar-refractivity contribution in [1.82, 2.24) is 19.2 Å². The zero-order valence-corrected chi connectivity index (χ0v) is 24.7. The van der Waals surface area contributed by atoms with Gasteiger partial charge in [0, 0.05) is 41.0 Å². The van der Waals surface area contributed by atoms with Gasteiger partial charge in [-0.1, -0.05) is 29.3 Å². The molecule has 0 saturated carbocycles. The number of hydrogen-bond acceptors (Lipinski definition) is 7. The predicted octanol–water partition coefficient (Wildman–Crippen LogP) is 2.91. The summed E-state index contributed by atoms with van der Waals surface area (Å²) in [4.78, 5) is 29.8. The molecule has 1 aromatic heterocycles. The maximum Gasteiger partial charge on any atom is 0.242 e. The van der Waals surface area contributed by atoms with Crippen molar-refractivity contribution in [3.8, 4) is 0 Å². The quantitative estimate of drug-likeness (QED) is 0.413. The largest absolute Gasteiger partial charge is 0.337 e. The Labute approximate surface area is 242 Å². The Bertz CT molecular complexity index is 1460. The van der Waals surface area contributed by atoms with Crippen molar-refractivity contribution in [2.24, 2.45) is 0 Å². The molecule has 10 nitrogen and oxygen atoms in total. The van der Waals surface area contributed by atoms with E-state index in [4.69, 9.17) is 23.2 Å². The number of nitrogens with one attached hydrogen (secondary N) is 2. The topological polar surface area (TPSA) is 133 Å². The Kier molecular flexibility index (Phi) is 9.74. The summed E-state index contributed by atoms with van der Waals surface area (Å²) < 4.78 is 55.9. The van der Waals surface area contributed by atoms with E-state index in [1.54, 1.807) is 29.2 Å². The number of nitrogens with zero attached hydrogens (tertiary/aromatic N) is 2. The number of thiophene rings is 1. The fourth-order valence-electron chi connectivity index (χ4n) is 4.57. The molecule has 0 aliphatic carbocycles. The molecular formula is C24H28Cl2N4O6S3. The molecule has 1 aromatic carbocycles. The van der Waals surface area contributed by atoms with Gasteiger partial charge in [-0.2, -0.15) is 4.72 Å². The van der Waals surface area contributed by atoms with Crippen LogP contribution in [0.25, 0.3) is 6.08 Å². The Morgan fingerprint density at radius 1 is 1.08 bits per heavy atom. The van der Waals surface area contributed by atoms with Crippen molar-refractivity contribution in [3.63, 3.8) is 0 Å². The first-order chi connectivity index (χ1) is 18.4. The Morgan fingerprint density at radius 3 is 2.56 bits per heavy atom. The van der Waals surface area contributed by atoms with Crippen LogP contribution < -0.4 is 9.44 Å². The molecule has 2 N–H and O–H groups in total. The SMILES string of the molecule is O=C1[C@@H](NS(=O)(=O)/C=C/c2ccc(Cl)s2)CCCN1CC(=O)N1CCC[C@@H]1CNS(=O)(=O)c1cccc(Cl)c1. The second-order valence-electron chi connectivity index (χ2n) is 9.25. The van der Waals surface area contributed by atoms with E-state index < -0.39 is 32.0 Å². The Morgan fingerprint density at radius 2 is 1.85 bits per heavy atom. The summed E-state index contributed by atoms with van der Waals surface area (Å²) >= 11 is 13.0. The van der Waals surface area contributed by atoms with Crippen molar-refractivity contribution < 1.29 is 26.4 Å². The van der Waals surface area contributed by atoms with Gasteiger partial charge in [0.25, 0.3) is 0 Å². The van der Waals surface area contributed by atoms with Crippen LogP contribution in [0.3, 0.4) is 0 Å². The zero-order valence-electron chi connectivity index (χ0n) is 20.8. The number of hydrogen-bond donors (Lipinski definition) is 2. The number of benzene rings is 1. The van der Waals surface area contributed by atoms with E-state index in [-0.39, 0.29) is 29.9 Å². The second-order valence-corrected chi connectivity index (χ2v) is 14.8. The fourth-order valence-corrected chi connectivity index (χ4v) is 8.02. The van der Waals surface area contributed by atoms with Gasteiger partial charge in [-0.05, 0) is 62.1 Å². The second kappa shape index (κ2) is 12.7. The van der Waals surface area contributed by atoms with Crippen LogP contribution in [0.4, 0.5) is 0 Å². The highest BCUT2D eigenvalue weighted by molar-refractivity contribution is 7.92. The lowest BCUT2D eigenvalue weighted by molar-refractivity contribution is -0.143. The van der Waals surface area contributed by atoms with Gasteiger partial charge in [-0.15, -0.1) is 11.3 Å².